The molecule has 7 nitrogen and oxygen atoms in total. The summed E-state index contributed by atoms with van der Waals surface area (Å²) in [5.74, 6) is 1.69. The quantitative estimate of drug-likeness (QED) is 0.259. The van der Waals surface area contributed by atoms with Crippen molar-refractivity contribution >= 4 is 23.3 Å². The van der Waals surface area contributed by atoms with E-state index >= 15 is 0 Å². The summed E-state index contributed by atoms with van der Waals surface area (Å²) >= 11 is 6.09. The Hall–Kier alpha value is -4.49. The second-order valence-corrected chi connectivity index (χ2v) is 9.85. The molecule has 0 unspecified atom stereocenters. The largest absolute Gasteiger partial charge is 0.494 e. The number of aryl methyl sites for hydroxylation is 1. The molecule has 3 heterocycles. The summed E-state index contributed by atoms with van der Waals surface area (Å²) in [7, 11) is 0. The molecule has 0 radical (unpaired) electrons. The van der Waals surface area contributed by atoms with Crippen molar-refractivity contribution in [3.05, 3.63) is 125 Å². The van der Waals surface area contributed by atoms with Crippen molar-refractivity contribution in [2.45, 2.75) is 26.4 Å². The fourth-order valence-electron chi connectivity index (χ4n) is 5.17. The highest BCUT2D eigenvalue weighted by atomic mass is 35.5. The zero-order chi connectivity index (χ0) is 26.9. The molecule has 3 aromatic carbocycles. The molecule has 39 heavy (non-hydrogen) atoms. The van der Waals surface area contributed by atoms with E-state index in [9.17, 15) is 4.79 Å². The predicted octanol–water partition coefficient (Wildman–Crippen LogP) is 7.16. The number of anilines is 1. The Bertz CT molecular complexity index is 1620. The number of halogens is 1. The number of benzene rings is 3. The minimum Gasteiger partial charge on any atom is -0.494 e. The van der Waals surface area contributed by atoms with Gasteiger partial charge in [-0.2, -0.15) is 5.10 Å². The van der Waals surface area contributed by atoms with Crippen molar-refractivity contribution in [2.24, 2.45) is 0 Å². The van der Waals surface area contributed by atoms with Crippen LogP contribution in [0.4, 0.5) is 10.5 Å². The van der Waals surface area contributed by atoms with Gasteiger partial charge in [-0.1, -0.05) is 41.9 Å². The smallest absolute Gasteiger partial charge is 0.322 e. The molecule has 8 heteroatoms. The summed E-state index contributed by atoms with van der Waals surface area (Å²) < 4.78 is 9.94. The molecule has 1 aliphatic heterocycles. The standard InChI is InChI=1S/C31H28ClN5O2/c1-3-39-26-12-7-9-22(19-26)29-28-13-8-18-35(28)30-27(21(2)34-37(30)25-10-5-4-6-11-25)20-36(29)31(38)33-24-16-14-23(32)15-17-24/h4-19,29H,3,20H2,1-2H3,(H,33,38)/t29-/m0/s1. The maximum Gasteiger partial charge on any atom is 0.322 e. The van der Waals surface area contributed by atoms with E-state index in [1.807, 2.05) is 90.3 Å². The topological polar surface area (TPSA) is 64.3 Å². The van der Waals surface area contributed by atoms with Crippen molar-refractivity contribution in [3.63, 3.8) is 0 Å². The van der Waals surface area contributed by atoms with Crippen molar-refractivity contribution in [2.75, 3.05) is 11.9 Å². The van der Waals surface area contributed by atoms with Gasteiger partial charge in [0.1, 0.15) is 11.6 Å². The van der Waals surface area contributed by atoms with Gasteiger partial charge in [0, 0.05) is 22.5 Å². The number of hydrogen-bond acceptors (Lipinski definition) is 3. The lowest BCUT2D eigenvalue weighted by Crippen LogP contribution is -2.38. The van der Waals surface area contributed by atoms with Crippen LogP contribution in [-0.4, -0.2) is 31.9 Å². The third-order valence-corrected chi connectivity index (χ3v) is 7.18. The molecule has 0 bridgehead atoms. The van der Waals surface area contributed by atoms with Crippen LogP contribution in [0.5, 0.6) is 5.75 Å². The van der Waals surface area contributed by atoms with Gasteiger partial charge in [0.25, 0.3) is 0 Å². The van der Waals surface area contributed by atoms with Crippen molar-refractivity contribution in [3.8, 4) is 17.3 Å². The number of carbonyl (C=O) groups is 1. The summed E-state index contributed by atoms with van der Waals surface area (Å²) in [6.45, 7) is 4.87. The monoisotopic (exact) mass is 537 g/mol. The number of ether oxygens (including phenoxy) is 1. The molecule has 2 aromatic heterocycles. The van der Waals surface area contributed by atoms with E-state index in [-0.39, 0.29) is 12.1 Å². The van der Waals surface area contributed by atoms with Crippen LogP contribution in [0, 0.1) is 6.92 Å². The summed E-state index contributed by atoms with van der Waals surface area (Å²) in [4.78, 5) is 15.9. The number of amides is 2. The Morgan fingerprint density at radius 1 is 1.03 bits per heavy atom. The highest BCUT2D eigenvalue weighted by Crippen LogP contribution is 2.39. The Kier molecular flexibility index (Phi) is 6.59. The van der Waals surface area contributed by atoms with Gasteiger partial charge in [0.05, 0.1) is 36.3 Å². The number of rotatable bonds is 5. The Labute approximate surface area is 232 Å². The first-order valence-corrected chi connectivity index (χ1v) is 13.3. The lowest BCUT2D eigenvalue weighted by molar-refractivity contribution is 0.194. The summed E-state index contributed by atoms with van der Waals surface area (Å²) in [5.41, 5.74) is 5.37. The first-order valence-electron chi connectivity index (χ1n) is 12.9. The van der Waals surface area contributed by atoms with Crippen molar-refractivity contribution in [1.29, 1.82) is 0 Å². The van der Waals surface area contributed by atoms with E-state index in [1.165, 1.54) is 0 Å². The minimum atomic E-state index is -0.385. The molecule has 1 N–H and O–H groups in total. The van der Waals surface area contributed by atoms with Gasteiger partial charge < -0.3 is 19.5 Å². The fourth-order valence-corrected chi connectivity index (χ4v) is 5.30. The highest BCUT2D eigenvalue weighted by molar-refractivity contribution is 6.30. The molecule has 196 valence electrons. The molecular formula is C31H28ClN5O2. The van der Waals surface area contributed by atoms with E-state index in [0.717, 1.165) is 39.8 Å². The van der Waals surface area contributed by atoms with E-state index in [4.69, 9.17) is 21.4 Å². The van der Waals surface area contributed by atoms with E-state index in [1.54, 1.807) is 24.3 Å². The van der Waals surface area contributed by atoms with Crippen molar-refractivity contribution in [1.82, 2.24) is 19.2 Å². The van der Waals surface area contributed by atoms with Crippen LogP contribution in [0.2, 0.25) is 5.02 Å². The van der Waals surface area contributed by atoms with E-state index < -0.39 is 0 Å². The number of fused-ring (bicyclic) bond motifs is 3. The number of carbonyl (C=O) groups excluding carboxylic acids is 1. The Morgan fingerprint density at radius 2 is 1.82 bits per heavy atom. The van der Waals surface area contributed by atoms with Gasteiger partial charge in [-0.05, 0) is 80.1 Å². The molecule has 0 saturated heterocycles. The van der Waals surface area contributed by atoms with Crippen LogP contribution >= 0.6 is 11.6 Å². The molecule has 1 atom stereocenters. The van der Waals surface area contributed by atoms with Gasteiger partial charge in [0.2, 0.25) is 0 Å². The van der Waals surface area contributed by atoms with E-state index in [0.29, 0.717) is 23.9 Å². The lowest BCUT2D eigenvalue weighted by Gasteiger charge is -2.31. The van der Waals surface area contributed by atoms with Gasteiger partial charge in [-0.25, -0.2) is 9.48 Å². The number of nitrogens with one attached hydrogen (secondary N) is 1. The molecule has 0 saturated carbocycles. The maximum atomic E-state index is 14.0. The normalized spacial score (nSPS) is 14.3. The molecule has 0 spiro atoms. The number of aromatic nitrogens is 3. The fraction of sp³-hybridized carbons (Fsp3) is 0.161. The number of nitrogens with zero attached hydrogens (tertiary/aromatic N) is 4. The molecular weight excluding hydrogens is 510 g/mol. The van der Waals surface area contributed by atoms with Gasteiger partial charge >= 0.3 is 6.03 Å². The minimum absolute atomic E-state index is 0.225. The van der Waals surface area contributed by atoms with Gasteiger partial charge in [-0.3, -0.25) is 0 Å². The van der Waals surface area contributed by atoms with Crippen LogP contribution in [-0.2, 0) is 6.54 Å². The molecule has 2 amide bonds. The molecule has 0 fully saturated rings. The lowest BCUT2D eigenvalue weighted by atomic mass is 10.0. The average Bonchev–Trinajstić information content (AvgIpc) is 3.51. The first-order chi connectivity index (χ1) is 19.0. The third kappa shape index (κ3) is 4.66. The number of para-hydroxylation sites is 1. The first kappa shape index (κ1) is 24.8. The molecule has 6 rings (SSSR count). The summed E-state index contributed by atoms with van der Waals surface area (Å²) in [5, 5.41) is 8.60. The zero-order valence-corrected chi connectivity index (χ0v) is 22.5. The SMILES string of the molecule is CCOc1cccc([C@H]2c3cccn3-c3c(c(C)nn3-c3ccccc3)CN2C(=O)Nc2ccc(Cl)cc2)c1. The Balaban J connectivity index is 1.53. The van der Waals surface area contributed by atoms with Crippen LogP contribution in [0.3, 0.4) is 0 Å². The number of urea groups is 1. The summed E-state index contributed by atoms with van der Waals surface area (Å²) in [6.07, 6.45) is 2.04. The highest BCUT2D eigenvalue weighted by Gasteiger charge is 2.36. The Morgan fingerprint density at radius 3 is 2.59 bits per heavy atom. The van der Waals surface area contributed by atoms with Crippen LogP contribution in [0.25, 0.3) is 11.5 Å². The van der Waals surface area contributed by atoms with Crippen molar-refractivity contribution < 1.29 is 9.53 Å². The van der Waals surface area contributed by atoms with Crippen LogP contribution < -0.4 is 10.1 Å². The third-order valence-electron chi connectivity index (χ3n) is 6.93. The van der Waals surface area contributed by atoms with Gasteiger partial charge in [-0.15, -0.1) is 0 Å². The van der Waals surface area contributed by atoms with Crippen LogP contribution in [0.1, 0.15) is 35.5 Å². The number of hydrogen-bond donors (Lipinski definition) is 1. The van der Waals surface area contributed by atoms with E-state index in [2.05, 4.69) is 16.0 Å². The second-order valence-electron chi connectivity index (χ2n) is 9.41. The second kappa shape index (κ2) is 10.3. The zero-order valence-electron chi connectivity index (χ0n) is 21.7. The van der Waals surface area contributed by atoms with Crippen LogP contribution in [0.15, 0.2) is 97.2 Å². The average molecular weight is 538 g/mol. The maximum absolute atomic E-state index is 14.0. The molecule has 0 aliphatic carbocycles. The molecule has 5 aromatic rings. The summed E-state index contributed by atoms with van der Waals surface area (Å²) in [6, 6.07) is 28.6. The predicted molar refractivity (Wildman–Crippen MR) is 153 cm³/mol. The molecule has 1 aliphatic rings. The van der Waals surface area contributed by atoms with Gasteiger partial charge in [0.15, 0.2) is 0 Å².